The van der Waals surface area contributed by atoms with Crippen molar-refractivity contribution in [2.24, 2.45) is 0 Å². The molecule has 6 nitrogen and oxygen atoms in total. The van der Waals surface area contributed by atoms with E-state index in [0.29, 0.717) is 18.8 Å². The van der Waals surface area contributed by atoms with Gasteiger partial charge < -0.3 is 0 Å². The number of thiophene rings is 1. The zero-order valence-corrected chi connectivity index (χ0v) is 15.8. The van der Waals surface area contributed by atoms with E-state index in [1.165, 1.54) is 27.8 Å². The lowest BCUT2D eigenvalue weighted by atomic mass is 10.2. The van der Waals surface area contributed by atoms with Gasteiger partial charge in [0.25, 0.3) is 5.91 Å². The molecule has 0 radical (unpaired) electrons. The molecule has 1 heterocycles. The van der Waals surface area contributed by atoms with Gasteiger partial charge in [0.1, 0.15) is 0 Å². The first kappa shape index (κ1) is 19.2. The quantitative estimate of drug-likeness (QED) is 0.691. The second-order valence-corrected chi connectivity index (χ2v) is 8.04. The highest BCUT2D eigenvalue weighted by Gasteiger charge is 2.22. The van der Waals surface area contributed by atoms with E-state index in [-0.39, 0.29) is 10.5 Å². The molecule has 0 saturated heterocycles. The Balaban J connectivity index is 2.12. The Bertz CT molecular complexity index is 842. The van der Waals surface area contributed by atoms with Gasteiger partial charge in [0.15, 0.2) is 0 Å². The molecule has 1 aromatic carbocycles. The van der Waals surface area contributed by atoms with Gasteiger partial charge in [-0.3, -0.25) is 15.6 Å². The first-order valence-corrected chi connectivity index (χ1v) is 10.1. The topological polar surface area (TPSA) is 78.5 Å². The number of hydrogen-bond donors (Lipinski definition) is 2. The normalized spacial score (nSPS) is 11.3. The fourth-order valence-electron chi connectivity index (χ4n) is 2.23. The van der Waals surface area contributed by atoms with E-state index in [4.69, 9.17) is 0 Å². The van der Waals surface area contributed by atoms with Gasteiger partial charge in [-0.1, -0.05) is 32.6 Å². The second-order valence-electron chi connectivity index (χ2n) is 5.15. The highest BCUT2D eigenvalue weighted by atomic mass is 32.2. The summed E-state index contributed by atoms with van der Waals surface area (Å²) in [6.07, 6.45) is 0. The third kappa shape index (κ3) is 4.47. The van der Waals surface area contributed by atoms with Gasteiger partial charge in [-0.05, 0) is 29.6 Å². The number of carbonyl (C=O) groups is 1. The highest BCUT2D eigenvalue weighted by molar-refractivity contribution is 7.89. The van der Waals surface area contributed by atoms with E-state index in [1.54, 1.807) is 26.0 Å². The predicted octanol–water partition coefficient (Wildman–Crippen LogP) is 2.68. The van der Waals surface area contributed by atoms with Gasteiger partial charge in [-0.15, -0.1) is 11.3 Å². The third-order valence-corrected chi connectivity index (χ3v) is 6.56. The molecule has 0 atom stereocenters. The fraction of sp³-hybridized carbons (Fsp3) is 0.235. The van der Waals surface area contributed by atoms with Crippen molar-refractivity contribution in [3.8, 4) is 0 Å². The minimum Gasteiger partial charge on any atom is -0.298 e. The molecule has 0 saturated carbocycles. The van der Waals surface area contributed by atoms with Crippen molar-refractivity contribution < 1.29 is 13.2 Å². The summed E-state index contributed by atoms with van der Waals surface area (Å²) >= 11 is 1.49. The molecule has 0 spiro atoms. The first-order chi connectivity index (χ1) is 11.9. The monoisotopic (exact) mass is 379 g/mol. The number of benzene rings is 1. The Hall–Kier alpha value is -2.16. The predicted molar refractivity (Wildman–Crippen MR) is 101 cm³/mol. The smallest absolute Gasteiger partial charge is 0.269 e. The molecular formula is C17H21N3O3S2. The number of rotatable bonds is 8. The summed E-state index contributed by atoms with van der Waals surface area (Å²) in [7, 11) is -3.61. The average molecular weight is 380 g/mol. The van der Waals surface area contributed by atoms with Crippen LogP contribution in [0.2, 0.25) is 0 Å². The summed E-state index contributed by atoms with van der Waals surface area (Å²) in [6, 6.07) is 9.74. The van der Waals surface area contributed by atoms with Gasteiger partial charge in [-0.25, -0.2) is 8.42 Å². The molecule has 2 aromatic rings. The molecule has 0 aliphatic rings. The van der Waals surface area contributed by atoms with Crippen molar-refractivity contribution in [1.29, 1.82) is 0 Å². The van der Waals surface area contributed by atoms with E-state index >= 15 is 0 Å². The lowest BCUT2D eigenvalue weighted by Crippen LogP contribution is -2.36. The largest absolute Gasteiger partial charge is 0.298 e. The van der Waals surface area contributed by atoms with E-state index < -0.39 is 15.9 Å². The van der Waals surface area contributed by atoms with Crippen molar-refractivity contribution in [3.05, 3.63) is 58.8 Å². The molecule has 0 aliphatic heterocycles. The van der Waals surface area contributed by atoms with E-state index in [1.807, 2.05) is 17.5 Å². The maximum atomic E-state index is 12.6. The van der Waals surface area contributed by atoms with Gasteiger partial charge >= 0.3 is 0 Å². The van der Waals surface area contributed by atoms with E-state index in [2.05, 4.69) is 17.4 Å². The molecule has 1 amide bonds. The van der Waals surface area contributed by atoms with Crippen molar-refractivity contribution >= 4 is 33.0 Å². The van der Waals surface area contributed by atoms with Crippen LogP contribution in [0, 0.1) is 0 Å². The minimum atomic E-state index is -3.61. The fourth-order valence-corrected chi connectivity index (χ4v) is 4.39. The SMILES string of the molecule is C=C(NNC(=O)c1cccc(S(=O)(=O)N(CC)CC)c1)c1cccs1. The Labute approximate surface area is 152 Å². The van der Waals surface area contributed by atoms with Crippen LogP contribution in [0.5, 0.6) is 0 Å². The van der Waals surface area contributed by atoms with Crippen molar-refractivity contribution in [2.45, 2.75) is 18.7 Å². The minimum absolute atomic E-state index is 0.0981. The third-order valence-electron chi connectivity index (χ3n) is 3.58. The highest BCUT2D eigenvalue weighted by Crippen LogP contribution is 2.17. The van der Waals surface area contributed by atoms with Crippen LogP contribution >= 0.6 is 11.3 Å². The van der Waals surface area contributed by atoms with Crippen molar-refractivity contribution in [3.63, 3.8) is 0 Å². The van der Waals surface area contributed by atoms with Crippen LogP contribution in [0.25, 0.3) is 5.70 Å². The number of nitrogens with zero attached hydrogens (tertiary/aromatic N) is 1. The van der Waals surface area contributed by atoms with Crippen molar-refractivity contribution in [1.82, 2.24) is 15.2 Å². The Morgan fingerprint density at radius 1 is 1.16 bits per heavy atom. The number of sulfonamides is 1. The summed E-state index contributed by atoms with van der Waals surface area (Å²) in [5.41, 5.74) is 6.09. The van der Waals surface area contributed by atoms with E-state index in [0.717, 1.165) is 4.88 Å². The zero-order valence-electron chi connectivity index (χ0n) is 14.2. The van der Waals surface area contributed by atoms with Crippen LogP contribution in [0.15, 0.2) is 53.3 Å². The summed E-state index contributed by atoms with van der Waals surface area (Å²) < 4.78 is 26.5. The molecular weight excluding hydrogens is 358 g/mol. The zero-order chi connectivity index (χ0) is 18.4. The van der Waals surface area contributed by atoms with Gasteiger partial charge in [0, 0.05) is 18.7 Å². The molecule has 25 heavy (non-hydrogen) atoms. The molecule has 0 unspecified atom stereocenters. The van der Waals surface area contributed by atoms with Crippen molar-refractivity contribution in [2.75, 3.05) is 13.1 Å². The standard InChI is InChI=1S/C17H21N3O3S2/c1-4-20(5-2)25(22,23)15-9-6-8-14(12-15)17(21)19-18-13(3)16-10-7-11-24-16/h6-12,18H,3-5H2,1-2H3,(H,19,21). The summed E-state index contributed by atoms with van der Waals surface area (Å²) in [5, 5.41) is 1.91. The van der Waals surface area contributed by atoms with Crippen LogP contribution < -0.4 is 10.9 Å². The molecule has 0 fully saturated rings. The van der Waals surface area contributed by atoms with Gasteiger partial charge in [0.2, 0.25) is 10.0 Å². The summed E-state index contributed by atoms with van der Waals surface area (Å²) in [4.78, 5) is 13.3. The Morgan fingerprint density at radius 2 is 1.88 bits per heavy atom. The number of amides is 1. The molecule has 0 bridgehead atoms. The number of carbonyl (C=O) groups excluding carboxylic acids is 1. The number of nitrogens with one attached hydrogen (secondary N) is 2. The van der Waals surface area contributed by atoms with Crippen LogP contribution in [-0.4, -0.2) is 31.7 Å². The molecule has 134 valence electrons. The first-order valence-electron chi connectivity index (χ1n) is 7.79. The lowest BCUT2D eigenvalue weighted by molar-refractivity contribution is 0.0942. The molecule has 2 N–H and O–H groups in total. The van der Waals surface area contributed by atoms with Crippen LogP contribution in [0.3, 0.4) is 0 Å². The van der Waals surface area contributed by atoms with Crippen LogP contribution in [0.1, 0.15) is 29.1 Å². The van der Waals surface area contributed by atoms with E-state index in [9.17, 15) is 13.2 Å². The second kappa shape index (κ2) is 8.28. The molecule has 1 aromatic heterocycles. The molecule has 8 heteroatoms. The van der Waals surface area contributed by atoms with Gasteiger partial charge in [-0.2, -0.15) is 4.31 Å². The number of hydrogen-bond acceptors (Lipinski definition) is 5. The van der Waals surface area contributed by atoms with Crippen LogP contribution in [-0.2, 0) is 10.0 Å². The maximum Gasteiger partial charge on any atom is 0.269 e. The summed E-state index contributed by atoms with van der Waals surface area (Å²) in [6.45, 7) is 8.14. The Kier molecular flexibility index (Phi) is 6.35. The van der Waals surface area contributed by atoms with Gasteiger partial charge in [0.05, 0.1) is 15.5 Å². The Morgan fingerprint density at radius 3 is 2.48 bits per heavy atom. The maximum absolute atomic E-state index is 12.6. The average Bonchev–Trinajstić information content (AvgIpc) is 3.15. The molecule has 0 aliphatic carbocycles. The molecule has 2 rings (SSSR count). The number of hydrazine groups is 1. The summed E-state index contributed by atoms with van der Waals surface area (Å²) in [5.74, 6) is -0.436. The van der Waals surface area contributed by atoms with Crippen LogP contribution in [0.4, 0.5) is 0 Å². The lowest BCUT2D eigenvalue weighted by Gasteiger charge is -2.18.